The minimum absolute atomic E-state index is 0.0737. The number of rotatable bonds is 9. The van der Waals surface area contributed by atoms with Crippen molar-refractivity contribution in [1.82, 2.24) is 14.9 Å². The third-order valence-electron chi connectivity index (χ3n) is 5.77. The van der Waals surface area contributed by atoms with Crippen LogP contribution in [0, 0.1) is 5.82 Å². The van der Waals surface area contributed by atoms with Gasteiger partial charge in [-0.25, -0.2) is 9.37 Å². The van der Waals surface area contributed by atoms with Gasteiger partial charge >= 0.3 is 0 Å². The molecule has 0 fully saturated rings. The SMILES string of the molecule is CC(C)OCCCn1cnc2sc3c(c2c1=O)CCC(NCCc1cccc(F)c1)C3. The van der Waals surface area contributed by atoms with Crippen molar-refractivity contribution in [2.75, 3.05) is 13.2 Å². The van der Waals surface area contributed by atoms with Crippen LogP contribution in [0.1, 0.15) is 42.7 Å². The molecule has 0 saturated carbocycles. The number of nitrogens with one attached hydrogen (secondary N) is 1. The molecule has 0 saturated heterocycles. The summed E-state index contributed by atoms with van der Waals surface area (Å²) in [7, 11) is 0. The average molecular weight is 444 g/mol. The first-order valence-electron chi connectivity index (χ1n) is 11.1. The van der Waals surface area contributed by atoms with Crippen molar-refractivity contribution in [2.45, 2.75) is 64.6 Å². The molecule has 31 heavy (non-hydrogen) atoms. The van der Waals surface area contributed by atoms with Gasteiger partial charge in [0.1, 0.15) is 10.6 Å². The summed E-state index contributed by atoms with van der Waals surface area (Å²) in [5, 5.41) is 4.42. The van der Waals surface area contributed by atoms with E-state index in [1.807, 2.05) is 19.9 Å². The van der Waals surface area contributed by atoms with E-state index in [2.05, 4.69) is 10.3 Å². The van der Waals surface area contributed by atoms with Crippen LogP contribution in [0.2, 0.25) is 0 Å². The average Bonchev–Trinajstić information content (AvgIpc) is 3.11. The second-order valence-electron chi connectivity index (χ2n) is 8.47. The molecule has 1 unspecified atom stereocenters. The Morgan fingerprint density at radius 3 is 3.06 bits per heavy atom. The minimum atomic E-state index is -0.185. The van der Waals surface area contributed by atoms with Crippen LogP contribution in [0.3, 0.4) is 0 Å². The van der Waals surface area contributed by atoms with E-state index in [0.29, 0.717) is 19.2 Å². The summed E-state index contributed by atoms with van der Waals surface area (Å²) < 4.78 is 20.6. The van der Waals surface area contributed by atoms with E-state index in [1.165, 1.54) is 16.5 Å². The number of hydrogen-bond acceptors (Lipinski definition) is 5. The van der Waals surface area contributed by atoms with E-state index in [0.717, 1.165) is 54.4 Å². The molecular formula is C24H30FN3O2S. The maximum atomic E-state index is 13.3. The van der Waals surface area contributed by atoms with Crippen LogP contribution in [0.4, 0.5) is 4.39 Å². The molecule has 0 amide bonds. The maximum Gasteiger partial charge on any atom is 0.262 e. The van der Waals surface area contributed by atoms with Gasteiger partial charge in [-0.3, -0.25) is 9.36 Å². The van der Waals surface area contributed by atoms with Gasteiger partial charge < -0.3 is 10.1 Å². The van der Waals surface area contributed by atoms with Crippen LogP contribution < -0.4 is 10.9 Å². The van der Waals surface area contributed by atoms with Gasteiger partial charge in [0.15, 0.2) is 0 Å². The Balaban J connectivity index is 1.39. The molecule has 3 aromatic rings. The first-order chi connectivity index (χ1) is 15.0. The molecule has 4 rings (SSSR count). The summed E-state index contributed by atoms with van der Waals surface area (Å²) in [5.74, 6) is -0.185. The number of benzene rings is 1. The molecule has 2 heterocycles. The van der Waals surface area contributed by atoms with Crippen LogP contribution in [-0.2, 0) is 30.5 Å². The standard InChI is InChI=1S/C24H30FN3O2S/c1-16(2)30-12-4-11-28-15-27-23-22(24(28)29)20-8-7-19(14-21(20)31-23)26-10-9-17-5-3-6-18(25)13-17/h3,5-6,13,15-16,19,26H,4,7-12,14H2,1-2H3. The van der Waals surface area contributed by atoms with Gasteiger partial charge in [-0.1, -0.05) is 12.1 Å². The van der Waals surface area contributed by atoms with Crippen molar-refractivity contribution in [1.29, 1.82) is 0 Å². The fourth-order valence-electron chi connectivity index (χ4n) is 4.20. The Morgan fingerprint density at radius 1 is 1.39 bits per heavy atom. The van der Waals surface area contributed by atoms with E-state index in [4.69, 9.17) is 4.74 Å². The topological polar surface area (TPSA) is 56.2 Å². The molecule has 1 aromatic carbocycles. The smallest absolute Gasteiger partial charge is 0.262 e. The molecule has 0 radical (unpaired) electrons. The molecule has 1 N–H and O–H groups in total. The number of halogens is 1. The lowest BCUT2D eigenvalue weighted by molar-refractivity contribution is 0.0747. The lowest BCUT2D eigenvalue weighted by Crippen LogP contribution is -2.35. The van der Waals surface area contributed by atoms with Crippen molar-refractivity contribution in [3.8, 4) is 0 Å². The van der Waals surface area contributed by atoms with Crippen molar-refractivity contribution in [2.24, 2.45) is 0 Å². The molecule has 0 spiro atoms. The van der Waals surface area contributed by atoms with Gasteiger partial charge in [-0.15, -0.1) is 11.3 Å². The van der Waals surface area contributed by atoms with E-state index >= 15 is 0 Å². The van der Waals surface area contributed by atoms with E-state index < -0.39 is 0 Å². The van der Waals surface area contributed by atoms with Crippen molar-refractivity contribution in [3.05, 3.63) is 62.8 Å². The Morgan fingerprint density at radius 2 is 2.26 bits per heavy atom. The second kappa shape index (κ2) is 10.0. The highest BCUT2D eigenvalue weighted by Crippen LogP contribution is 2.33. The molecule has 1 atom stereocenters. The highest BCUT2D eigenvalue weighted by atomic mass is 32.1. The summed E-state index contributed by atoms with van der Waals surface area (Å²) in [6.07, 6.45) is 6.30. The fourth-order valence-corrected chi connectivity index (χ4v) is 5.46. The summed E-state index contributed by atoms with van der Waals surface area (Å²) in [4.78, 5) is 19.8. The number of ether oxygens (including phenoxy) is 1. The summed E-state index contributed by atoms with van der Waals surface area (Å²) in [6.45, 7) is 6.12. The molecule has 0 bridgehead atoms. The minimum Gasteiger partial charge on any atom is -0.379 e. The zero-order valence-electron chi connectivity index (χ0n) is 18.2. The zero-order chi connectivity index (χ0) is 21.8. The predicted octanol–water partition coefficient (Wildman–Crippen LogP) is 4.10. The van der Waals surface area contributed by atoms with Gasteiger partial charge in [0.05, 0.1) is 17.8 Å². The number of nitrogens with zero attached hydrogens (tertiary/aromatic N) is 2. The molecule has 5 nitrogen and oxygen atoms in total. The van der Waals surface area contributed by atoms with Crippen molar-refractivity contribution in [3.63, 3.8) is 0 Å². The van der Waals surface area contributed by atoms with Gasteiger partial charge in [-0.2, -0.15) is 0 Å². The first kappa shape index (κ1) is 22.1. The van der Waals surface area contributed by atoms with Crippen LogP contribution in [0.25, 0.3) is 10.2 Å². The van der Waals surface area contributed by atoms with Crippen molar-refractivity contribution >= 4 is 21.6 Å². The monoisotopic (exact) mass is 443 g/mol. The number of hydrogen-bond donors (Lipinski definition) is 1. The lowest BCUT2D eigenvalue weighted by Gasteiger charge is -2.23. The van der Waals surface area contributed by atoms with E-state index in [1.54, 1.807) is 34.4 Å². The lowest BCUT2D eigenvalue weighted by atomic mass is 9.93. The molecule has 166 valence electrons. The van der Waals surface area contributed by atoms with Crippen LogP contribution in [-0.4, -0.2) is 34.8 Å². The number of aryl methyl sites for hydroxylation is 2. The highest BCUT2D eigenvalue weighted by Gasteiger charge is 2.25. The van der Waals surface area contributed by atoms with E-state index in [-0.39, 0.29) is 17.5 Å². The number of aromatic nitrogens is 2. The Kier molecular flexibility index (Phi) is 7.15. The molecule has 2 aromatic heterocycles. The quantitative estimate of drug-likeness (QED) is 0.506. The highest BCUT2D eigenvalue weighted by molar-refractivity contribution is 7.18. The molecule has 0 aliphatic heterocycles. The third kappa shape index (κ3) is 5.40. The summed E-state index contributed by atoms with van der Waals surface area (Å²) in [5.41, 5.74) is 2.27. The molecule has 1 aliphatic carbocycles. The van der Waals surface area contributed by atoms with Gasteiger partial charge in [-0.05, 0) is 75.8 Å². The van der Waals surface area contributed by atoms with Gasteiger partial charge in [0.2, 0.25) is 0 Å². The van der Waals surface area contributed by atoms with E-state index in [9.17, 15) is 9.18 Å². The number of fused-ring (bicyclic) bond motifs is 3. The molecular weight excluding hydrogens is 413 g/mol. The Labute approximate surface area is 186 Å². The second-order valence-corrected chi connectivity index (χ2v) is 9.56. The van der Waals surface area contributed by atoms with Crippen LogP contribution >= 0.6 is 11.3 Å². The largest absolute Gasteiger partial charge is 0.379 e. The first-order valence-corrected chi connectivity index (χ1v) is 11.9. The molecule has 1 aliphatic rings. The number of thiophene rings is 1. The van der Waals surface area contributed by atoms with Gasteiger partial charge in [0, 0.05) is 24.1 Å². The third-order valence-corrected chi connectivity index (χ3v) is 6.93. The Bertz CT molecular complexity index is 1090. The zero-order valence-corrected chi connectivity index (χ0v) is 19.0. The van der Waals surface area contributed by atoms with Gasteiger partial charge in [0.25, 0.3) is 5.56 Å². The normalized spacial score (nSPS) is 16.2. The van der Waals surface area contributed by atoms with Crippen LogP contribution in [0.5, 0.6) is 0 Å². The Hall–Kier alpha value is -2.09. The van der Waals surface area contributed by atoms with Crippen molar-refractivity contribution < 1.29 is 9.13 Å². The summed E-state index contributed by atoms with van der Waals surface area (Å²) in [6, 6.07) is 7.16. The van der Waals surface area contributed by atoms with Crippen LogP contribution in [0.15, 0.2) is 35.4 Å². The fraction of sp³-hybridized carbons (Fsp3) is 0.500. The maximum absolute atomic E-state index is 13.3. The predicted molar refractivity (Wildman–Crippen MR) is 124 cm³/mol. The molecule has 7 heteroatoms. The summed E-state index contributed by atoms with van der Waals surface area (Å²) >= 11 is 1.65.